The SMILES string of the molecule is COCCCc1nn(CCOC)c2ccc(Nc3nc(N[C@H](C4CC4)[C@H](C)N)c(F)cc3C(N)=O)cc12. The number of nitrogens with zero attached hydrogens (tertiary/aromatic N) is 3. The van der Waals surface area contributed by atoms with Gasteiger partial charge in [0, 0.05) is 44.0 Å². The Morgan fingerprint density at radius 2 is 1.97 bits per heavy atom. The molecule has 0 saturated heterocycles. The van der Waals surface area contributed by atoms with Gasteiger partial charge >= 0.3 is 0 Å². The third kappa shape index (κ3) is 6.35. The first-order valence-electron chi connectivity index (χ1n) is 12.6. The van der Waals surface area contributed by atoms with E-state index in [1.54, 1.807) is 14.2 Å². The highest BCUT2D eigenvalue weighted by Crippen LogP contribution is 2.36. The molecule has 0 aliphatic heterocycles. The van der Waals surface area contributed by atoms with Crippen LogP contribution in [0.3, 0.4) is 0 Å². The van der Waals surface area contributed by atoms with Gasteiger partial charge in [0.1, 0.15) is 5.82 Å². The van der Waals surface area contributed by atoms with Gasteiger partial charge < -0.3 is 31.6 Å². The van der Waals surface area contributed by atoms with E-state index < -0.39 is 11.7 Å². The molecule has 4 rings (SSSR count). The summed E-state index contributed by atoms with van der Waals surface area (Å²) in [5, 5.41) is 12.1. The van der Waals surface area contributed by atoms with E-state index >= 15 is 0 Å². The number of amides is 1. The molecule has 2 aromatic heterocycles. The predicted octanol–water partition coefficient (Wildman–Crippen LogP) is 3.18. The summed E-state index contributed by atoms with van der Waals surface area (Å²) in [5.41, 5.74) is 14.2. The number of primary amides is 1. The number of fused-ring (bicyclic) bond motifs is 1. The van der Waals surface area contributed by atoms with Gasteiger partial charge in [-0.05, 0) is 62.8 Å². The van der Waals surface area contributed by atoms with Crippen molar-refractivity contribution in [1.82, 2.24) is 14.8 Å². The molecule has 10 nitrogen and oxygen atoms in total. The van der Waals surface area contributed by atoms with Gasteiger partial charge in [0.05, 0.1) is 29.9 Å². The molecule has 6 N–H and O–H groups in total. The molecular formula is C26H36FN7O3. The second-order valence-corrected chi connectivity index (χ2v) is 9.56. The molecule has 1 aromatic carbocycles. The van der Waals surface area contributed by atoms with Crippen molar-refractivity contribution in [2.24, 2.45) is 17.4 Å². The molecular weight excluding hydrogens is 477 g/mol. The number of nitrogens with two attached hydrogens (primary N) is 2. The minimum atomic E-state index is -0.778. The number of anilines is 3. The van der Waals surface area contributed by atoms with Crippen LogP contribution in [0.4, 0.5) is 21.7 Å². The quantitative estimate of drug-likeness (QED) is 0.241. The number of nitrogens with one attached hydrogen (secondary N) is 2. The van der Waals surface area contributed by atoms with Crippen molar-refractivity contribution in [3.63, 3.8) is 0 Å². The van der Waals surface area contributed by atoms with E-state index in [1.165, 1.54) is 0 Å². The smallest absolute Gasteiger partial charge is 0.252 e. The van der Waals surface area contributed by atoms with Crippen LogP contribution >= 0.6 is 0 Å². The average Bonchev–Trinajstić information content (AvgIpc) is 3.65. The van der Waals surface area contributed by atoms with Crippen LogP contribution < -0.4 is 22.1 Å². The van der Waals surface area contributed by atoms with Gasteiger partial charge in [-0.15, -0.1) is 0 Å². The molecule has 0 unspecified atom stereocenters. The topological polar surface area (TPSA) is 142 Å². The van der Waals surface area contributed by atoms with Gasteiger partial charge in [0.25, 0.3) is 5.91 Å². The maximum Gasteiger partial charge on any atom is 0.252 e. The van der Waals surface area contributed by atoms with E-state index in [0.717, 1.165) is 48.3 Å². The van der Waals surface area contributed by atoms with Crippen LogP contribution in [0.25, 0.3) is 10.9 Å². The molecule has 0 bridgehead atoms. The Kier molecular flexibility index (Phi) is 8.57. The van der Waals surface area contributed by atoms with Crippen molar-refractivity contribution < 1.29 is 18.7 Å². The zero-order valence-corrected chi connectivity index (χ0v) is 21.6. The number of benzene rings is 1. The second-order valence-electron chi connectivity index (χ2n) is 9.56. The first-order chi connectivity index (χ1) is 17.8. The molecule has 2 atom stereocenters. The third-order valence-electron chi connectivity index (χ3n) is 6.60. The van der Waals surface area contributed by atoms with Crippen molar-refractivity contribution in [2.45, 2.75) is 51.2 Å². The van der Waals surface area contributed by atoms with E-state index in [2.05, 4.69) is 15.6 Å². The van der Waals surface area contributed by atoms with Crippen molar-refractivity contribution in [3.8, 4) is 0 Å². The molecule has 1 amide bonds. The lowest BCUT2D eigenvalue weighted by Crippen LogP contribution is -2.40. The van der Waals surface area contributed by atoms with Gasteiger partial charge in [-0.3, -0.25) is 9.48 Å². The fraction of sp³-hybridized carbons (Fsp3) is 0.500. The number of hydrogen-bond acceptors (Lipinski definition) is 8. The van der Waals surface area contributed by atoms with Crippen LogP contribution in [-0.4, -0.2) is 60.2 Å². The lowest BCUT2D eigenvalue weighted by Gasteiger charge is -2.23. The number of aryl methyl sites for hydroxylation is 1. The number of hydrogen-bond donors (Lipinski definition) is 4. The van der Waals surface area contributed by atoms with E-state index in [1.807, 2.05) is 29.8 Å². The summed E-state index contributed by atoms with van der Waals surface area (Å²) in [5.74, 6) is -0.846. The number of carbonyl (C=O) groups is 1. The first kappa shape index (κ1) is 26.8. The number of rotatable bonds is 14. The number of methoxy groups -OCH3 is 2. The zero-order valence-electron chi connectivity index (χ0n) is 21.6. The van der Waals surface area contributed by atoms with Crippen molar-refractivity contribution in [2.75, 3.05) is 38.1 Å². The van der Waals surface area contributed by atoms with Crippen LogP contribution in [0.15, 0.2) is 24.3 Å². The fourth-order valence-electron chi connectivity index (χ4n) is 4.54. The van der Waals surface area contributed by atoms with E-state index in [4.69, 9.17) is 26.0 Å². The highest BCUT2D eigenvalue weighted by molar-refractivity contribution is 5.99. The first-order valence-corrected chi connectivity index (χ1v) is 12.6. The molecule has 1 saturated carbocycles. The summed E-state index contributed by atoms with van der Waals surface area (Å²) in [6, 6.07) is 6.58. The monoisotopic (exact) mass is 513 g/mol. The van der Waals surface area contributed by atoms with Crippen molar-refractivity contribution in [1.29, 1.82) is 0 Å². The highest BCUT2D eigenvalue weighted by Gasteiger charge is 2.34. The number of aromatic nitrogens is 3. The molecule has 1 fully saturated rings. The molecule has 11 heteroatoms. The third-order valence-corrected chi connectivity index (χ3v) is 6.60. The Bertz CT molecular complexity index is 1240. The molecule has 0 radical (unpaired) electrons. The summed E-state index contributed by atoms with van der Waals surface area (Å²) >= 11 is 0. The molecule has 37 heavy (non-hydrogen) atoms. The van der Waals surface area contributed by atoms with Crippen LogP contribution in [-0.2, 0) is 22.4 Å². The summed E-state index contributed by atoms with van der Waals surface area (Å²) in [6.45, 7) is 3.67. The standard InChI is InChI=1S/C26H36FN7O3/c1-15(28)23(16-6-7-16)31-26-20(27)14-19(24(29)35)25(32-26)30-17-8-9-22-18(13-17)21(5-4-11-36-2)33-34(22)10-12-37-3/h8-9,13-16,23H,4-7,10-12,28H2,1-3H3,(H2,29,35)(H2,30,31,32)/t15-,23-/m0/s1. The summed E-state index contributed by atoms with van der Waals surface area (Å²) < 4.78 is 27.3. The number of carbonyl (C=O) groups excluding carboxylic acids is 1. The molecule has 200 valence electrons. The van der Waals surface area contributed by atoms with E-state index in [0.29, 0.717) is 31.4 Å². The van der Waals surface area contributed by atoms with E-state index in [9.17, 15) is 9.18 Å². The zero-order chi connectivity index (χ0) is 26.5. The maximum absolute atomic E-state index is 14.9. The Morgan fingerprint density at radius 3 is 2.62 bits per heavy atom. The normalized spacial score (nSPS) is 15.1. The largest absolute Gasteiger partial charge is 0.385 e. The Morgan fingerprint density at radius 1 is 1.22 bits per heavy atom. The van der Waals surface area contributed by atoms with Crippen LogP contribution in [0.5, 0.6) is 0 Å². The van der Waals surface area contributed by atoms with Gasteiger partial charge in [-0.2, -0.15) is 5.10 Å². The fourth-order valence-corrected chi connectivity index (χ4v) is 4.54. The lowest BCUT2D eigenvalue weighted by molar-refractivity contribution is 0.100. The highest BCUT2D eigenvalue weighted by atomic mass is 19.1. The van der Waals surface area contributed by atoms with Crippen molar-refractivity contribution >= 4 is 34.1 Å². The average molecular weight is 514 g/mol. The number of halogens is 1. The predicted molar refractivity (Wildman–Crippen MR) is 142 cm³/mol. The molecule has 1 aliphatic carbocycles. The molecule has 0 spiro atoms. The van der Waals surface area contributed by atoms with E-state index in [-0.39, 0.29) is 29.3 Å². The molecule has 1 aliphatic rings. The Hall–Kier alpha value is -3.28. The van der Waals surface area contributed by atoms with Crippen LogP contribution in [0.1, 0.15) is 42.2 Å². The summed E-state index contributed by atoms with van der Waals surface area (Å²) in [7, 11) is 3.33. The molecule has 2 heterocycles. The van der Waals surface area contributed by atoms with Gasteiger partial charge in [-0.25, -0.2) is 9.37 Å². The van der Waals surface area contributed by atoms with Gasteiger partial charge in [0.15, 0.2) is 11.6 Å². The second kappa shape index (κ2) is 11.8. The number of pyridine rings is 1. The Balaban J connectivity index is 1.67. The van der Waals surface area contributed by atoms with Crippen LogP contribution in [0, 0.1) is 11.7 Å². The minimum absolute atomic E-state index is 0.0374. The number of ether oxygens (including phenoxy) is 2. The maximum atomic E-state index is 14.9. The van der Waals surface area contributed by atoms with Gasteiger partial charge in [0.2, 0.25) is 0 Å². The van der Waals surface area contributed by atoms with Crippen molar-refractivity contribution in [3.05, 3.63) is 41.3 Å². The lowest BCUT2D eigenvalue weighted by atomic mass is 10.1. The van der Waals surface area contributed by atoms with Crippen LogP contribution in [0.2, 0.25) is 0 Å². The Labute approximate surface area is 215 Å². The summed E-state index contributed by atoms with van der Waals surface area (Å²) in [4.78, 5) is 16.6. The van der Waals surface area contributed by atoms with Gasteiger partial charge in [-0.1, -0.05) is 0 Å². The molecule has 3 aromatic rings. The minimum Gasteiger partial charge on any atom is -0.385 e. The summed E-state index contributed by atoms with van der Waals surface area (Å²) in [6.07, 6.45) is 3.64.